The number of hydrogen-bond donors (Lipinski definition) is 3. The highest BCUT2D eigenvalue weighted by atomic mass is 16.5. The number of oxazole rings is 1. The SMILES string of the molecule is Cc1ncoc1-c1cccc(C(COC(=O)NC(C)C)N2C(=O)[C@@](CC(C)C)(c3ccccc3)NC2=NC(=O)O)c1. The van der Waals surface area contributed by atoms with Gasteiger partial charge in [0.25, 0.3) is 5.91 Å². The Bertz CT molecular complexity index is 1430. The van der Waals surface area contributed by atoms with Gasteiger partial charge in [0.05, 0.1) is 11.7 Å². The summed E-state index contributed by atoms with van der Waals surface area (Å²) in [5.74, 6) is 0.0532. The molecule has 1 unspecified atom stereocenters. The molecule has 41 heavy (non-hydrogen) atoms. The molecular weight excluding hydrogens is 526 g/mol. The van der Waals surface area contributed by atoms with Crippen molar-refractivity contribution in [1.29, 1.82) is 0 Å². The highest BCUT2D eigenvalue weighted by Gasteiger charge is 2.54. The van der Waals surface area contributed by atoms with Crippen molar-refractivity contribution in [2.24, 2.45) is 10.9 Å². The van der Waals surface area contributed by atoms with Crippen LogP contribution in [0.5, 0.6) is 0 Å². The van der Waals surface area contributed by atoms with Crippen molar-refractivity contribution < 1.29 is 28.6 Å². The second kappa shape index (κ2) is 12.2. The number of alkyl carbamates (subject to hydrolysis) is 1. The zero-order valence-corrected chi connectivity index (χ0v) is 23.7. The molecule has 0 aliphatic carbocycles. The van der Waals surface area contributed by atoms with Crippen molar-refractivity contribution in [1.82, 2.24) is 20.5 Å². The molecule has 0 saturated carbocycles. The Morgan fingerprint density at radius 1 is 1.15 bits per heavy atom. The average molecular weight is 562 g/mol. The Balaban J connectivity index is 1.86. The van der Waals surface area contributed by atoms with Crippen LogP contribution in [-0.2, 0) is 15.1 Å². The molecule has 0 radical (unpaired) electrons. The van der Waals surface area contributed by atoms with Crippen LogP contribution in [0, 0.1) is 12.8 Å². The summed E-state index contributed by atoms with van der Waals surface area (Å²) in [6, 6.07) is 15.2. The standard InChI is InChI=1S/C30H35N5O6/c1-18(2)15-30(23-12-7-6-8-13-23)26(36)35(27(34-30)33-28(37)38)24(16-40-29(39)32-19(3)4)21-10-9-11-22(14-21)25-20(5)31-17-41-25/h6-14,17-19,24H,15-16H2,1-5H3,(H,32,39)(H,33,34)(H,37,38)/t24?,30-/m1/s1. The zero-order chi connectivity index (χ0) is 29.7. The predicted molar refractivity (Wildman–Crippen MR) is 152 cm³/mol. The lowest BCUT2D eigenvalue weighted by Crippen LogP contribution is -2.45. The number of guanidine groups is 1. The second-order valence-corrected chi connectivity index (χ2v) is 10.7. The van der Waals surface area contributed by atoms with Crippen LogP contribution < -0.4 is 10.6 Å². The lowest BCUT2D eigenvalue weighted by atomic mass is 9.82. The molecule has 3 N–H and O–H groups in total. The lowest BCUT2D eigenvalue weighted by Gasteiger charge is -2.31. The number of carbonyl (C=O) groups excluding carboxylic acids is 2. The van der Waals surface area contributed by atoms with Gasteiger partial charge in [-0.3, -0.25) is 9.69 Å². The number of amides is 3. The van der Waals surface area contributed by atoms with Crippen LogP contribution >= 0.6 is 0 Å². The minimum atomic E-state index is -1.47. The summed E-state index contributed by atoms with van der Waals surface area (Å²) in [4.78, 5) is 48.2. The minimum Gasteiger partial charge on any atom is -0.463 e. The van der Waals surface area contributed by atoms with Crippen molar-refractivity contribution in [3.8, 4) is 11.3 Å². The van der Waals surface area contributed by atoms with E-state index in [1.165, 1.54) is 11.3 Å². The van der Waals surface area contributed by atoms with E-state index in [4.69, 9.17) is 9.15 Å². The molecule has 1 fully saturated rings. The number of ether oxygens (including phenoxy) is 1. The normalized spacial score (nSPS) is 18.6. The summed E-state index contributed by atoms with van der Waals surface area (Å²) in [5, 5.41) is 15.5. The fraction of sp³-hybridized carbons (Fsp3) is 0.367. The molecule has 2 atom stereocenters. The summed E-state index contributed by atoms with van der Waals surface area (Å²) >= 11 is 0. The first-order valence-corrected chi connectivity index (χ1v) is 13.4. The van der Waals surface area contributed by atoms with Crippen molar-refractivity contribution in [3.63, 3.8) is 0 Å². The monoisotopic (exact) mass is 561 g/mol. The van der Waals surface area contributed by atoms with Gasteiger partial charge in [-0.25, -0.2) is 14.6 Å². The summed E-state index contributed by atoms with van der Waals surface area (Å²) < 4.78 is 11.2. The number of aryl methyl sites for hydroxylation is 1. The number of nitrogens with zero attached hydrogens (tertiary/aromatic N) is 3. The first-order valence-electron chi connectivity index (χ1n) is 13.4. The number of rotatable bonds is 9. The Kier molecular flexibility index (Phi) is 8.75. The van der Waals surface area contributed by atoms with E-state index in [9.17, 15) is 19.5 Å². The first-order chi connectivity index (χ1) is 19.5. The largest absolute Gasteiger partial charge is 0.463 e. The molecule has 0 bridgehead atoms. The van der Waals surface area contributed by atoms with Gasteiger partial charge in [0, 0.05) is 11.6 Å². The number of benzene rings is 2. The fourth-order valence-corrected chi connectivity index (χ4v) is 5.07. The van der Waals surface area contributed by atoms with Crippen LogP contribution in [0.15, 0.2) is 70.4 Å². The number of aromatic nitrogens is 1. The first kappa shape index (κ1) is 29.3. The maximum absolute atomic E-state index is 14.6. The molecule has 0 spiro atoms. The molecule has 216 valence electrons. The third-order valence-corrected chi connectivity index (χ3v) is 6.69. The van der Waals surface area contributed by atoms with Crippen LogP contribution in [0.1, 0.15) is 57.0 Å². The quantitative estimate of drug-likeness (QED) is 0.322. The van der Waals surface area contributed by atoms with Gasteiger partial charge >= 0.3 is 12.2 Å². The van der Waals surface area contributed by atoms with E-state index in [0.29, 0.717) is 34.6 Å². The summed E-state index contributed by atoms with van der Waals surface area (Å²) in [5.41, 5.74) is 1.33. The van der Waals surface area contributed by atoms with Crippen LogP contribution in [0.2, 0.25) is 0 Å². The summed E-state index contributed by atoms with van der Waals surface area (Å²) in [6.07, 6.45) is -0.425. The van der Waals surface area contributed by atoms with Gasteiger partial charge < -0.3 is 24.9 Å². The Labute approximate surface area is 238 Å². The van der Waals surface area contributed by atoms with Crippen LogP contribution in [-0.4, -0.2) is 51.7 Å². The molecule has 1 aliphatic heterocycles. The Hall–Kier alpha value is -4.67. The van der Waals surface area contributed by atoms with E-state index in [1.807, 2.05) is 57.2 Å². The van der Waals surface area contributed by atoms with E-state index < -0.39 is 29.7 Å². The fourth-order valence-electron chi connectivity index (χ4n) is 5.07. The Morgan fingerprint density at radius 3 is 2.49 bits per heavy atom. The molecule has 4 rings (SSSR count). The third kappa shape index (κ3) is 6.40. The molecule has 1 aliphatic rings. The van der Waals surface area contributed by atoms with Gasteiger partial charge in [-0.2, -0.15) is 0 Å². The maximum atomic E-state index is 14.6. The molecule has 1 saturated heterocycles. The number of hydrogen-bond acceptors (Lipinski definition) is 6. The predicted octanol–water partition coefficient (Wildman–Crippen LogP) is 5.23. The number of carbonyl (C=O) groups is 3. The average Bonchev–Trinajstić information content (AvgIpc) is 3.45. The van der Waals surface area contributed by atoms with E-state index >= 15 is 0 Å². The van der Waals surface area contributed by atoms with Gasteiger partial charge in [-0.05, 0) is 50.3 Å². The molecule has 2 heterocycles. The lowest BCUT2D eigenvalue weighted by molar-refractivity contribution is -0.134. The smallest absolute Gasteiger partial charge is 0.434 e. The molecule has 1 aromatic heterocycles. The van der Waals surface area contributed by atoms with Gasteiger partial charge in [0.2, 0.25) is 5.96 Å². The molecular formula is C30H35N5O6. The van der Waals surface area contributed by atoms with Gasteiger partial charge in [0.15, 0.2) is 12.2 Å². The highest BCUT2D eigenvalue weighted by Crippen LogP contribution is 2.39. The van der Waals surface area contributed by atoms with Crippen LogP contribution in [0.3, 0.4) is 0 Å². The third-order valence-electron chi connectivity index (χ3n) is 6.69. The van der Waals surface area contributed by atoms with Crippen molar-refractivity contribution in [2.45, 2.75) is 58.7 Å². The zero-order valence-electron chi connectivity index (χ0n) is 23.7. The molecule has 3 amide bonds. The van der Waals surface area contributed by atoms with Gasteiger partial charge in [-0.1, -0.05) is 62.4 Å². The molecule has 11 nitrogen and oxygen atoms in total. The van der Waals surface area contributed by atoms with E-state index in [-0.39, 0.29) is 24.5 Å². The molecule has 11 heteroatoms. The van der Waals surface area contributed by atoms with E-state index in [1.54, 1.807) is 32.0 Å². The van der Waals surface area contributed by atoms with Crippen LogP contribution in [0.25, 0.3) is 11.3 Å². The molecule has 2 aromatic carbocycles. The topological polar surface area (TPSA) is 146 Å². The number of aliphatic imine (C=N–C) groups is 1. The Morgan fingerprint density at radius 2 is 1.88 bits per heavy atom. The molecule has 3 aromatic rings. The van der Waals surface area contributed by atoms with Crippen molar-refractivity contribution >= 4 is 24.1 Å². The van der Waals surface area contributed by atoms with Gasteiger partial charge in [-0.15, -0.1) is 4.99 Å². The summed E-state index contributed by atoms with van der Waals surface area (Å²) in [7, 11) is 0. The second-order valence-electron chi connectivity index (χ2n) is 10.7. The van der Waals surface area contributed by atoms with Crippen molar-refractivity contribution in [3.05, 3.63) is 77.8 Å². The highest BCUT2D eigenvalue weighted by molar-refractivity contribution is 6.11. The van der Waals surface area contributed by atoms with E-state index in [0.717, 1.165) is 0 Å². The van der Waals surface area contributed by atoms with Gasteiger partial charge in [0.1, 0.15) is 12.1 Å². The van der Waals surface area contributed by atoms with E-state index in [2.05, 4.69) is 20.6 Å². The minimum absolute atomic E-state index is 0.0574. The summed E-state index contributed by atoms with van der Waals surface area (Å²) in [6.45, 7) is 9.11. The maximum Gasteiger partial charge on any atom is 0.434 e. The number of carboxylic acid groups (broad SMARTS) is 1. The van der Waals surface area contributed by atoms with Crippen LogP contribution in [0.4, 0.5) is 9.59 Å². The van der Waals surface area contributed by atoms with Crippen molar-refractivity contribution in [2.75, 3.05) is 6.61 Å². The number of nitrogens with one attached hydrogen (secondary N) is 2.